The molecule has 0 aliphatic heterocycles. The highest BCUT2D eigenvalue weighted by atomic mass is 32.2. The van der Waals surface area contributed by atoms with Crippen molar-refractivity contribution in [3.8, 4) is 6.07 Å². The molecule has 0 aliphatic carbocycles. The fourth-order valence-electron chi connectivity index (χ4n) is 1.86. The minimum Gasteiger partial charge on any atom is -0.267 e. The predicted octanol–water partition coefficient (Wildman–Crippen LogP) is 0.997. The first-order valence-corrected chi connectivity index (χ1v) is 8.54. The minimum absolute atomic E-state index is 0.0487. The Labute approximate surface area is 129 Å². The van der Waals surface area contributed by atoms with E-state index in [9.17, 15) is 13.2 Å². The number of sulfone groups is 1. The normalized spacial score (nSPS) is 11.4. The summed E-state index contributed by atoms with van der Waals surface area (Å²) in [5.74, 6) is -0.208. The van der Waals surface area contributed by atoms with Gasteiger partial charge < -0.3 is 0 Å². The second-order valence-corrected chi connectivity index (χ2v) is 7.52. The molecule has 0 radical (unpaired) electrons. The molecule has 0 fully saturated rings. The molecule has 0 N–H and O–H groups in total. The lowest BCUT2D eigenvalue weighted by atomic mass is 10.2. The van der Waals surface area contributed by atoms with Gasteiger partial charge in [0.15, 0.2) is 5.69 Å². The molecule has 0 unspecified atom stereocenters. The van der Waals surface area contributed by atoms with Crippen LogP contribution in [-0.2, 0) is 15.6 Å². The molecule has 110 valence electrons. The summed E-state index contributed by atoms with van der Waals surface area (Å²) >= 11 is 0.769. The van der Waals surface area contributed by atoms with E-state index in [1.807, 2.05) is 0 Å². The number of aromatic nitrogens is 3. The van der Waals surface area contributed by atoms with Crippen LogP contribution in [0, 0.1) is 11.3 Å². The van der Waals surface area contributed by atoms with Crippen LogP contribution in [0.4, 0.5) is 0 Å². The summed E-state index contributed by atoms with van der Waals surface area (Å²) < 4.78 is 25.7. The van der Waals surface area contributed by atoms with E-state index in [1.165, 1.54) is 0 Å². The van der Waals surface area contributed by atoms with Gasteiger partial charge in [-0.15, -0.1) is 5.10 Å². The van der Waals surface area contributed by atoms with Gasteiger partial charge in [-0.25, -0.2) is 8.42 Å². The van der Waals surface area contributed by atoms with E-state index in [0.717, 1.165) is 21.9 Å². The Morgan fingerprint density at radius 3 is 2.68 bits per heavy atom. The molecule has 9 heteroatoms. The third-order valence-corrected chi connectivity index (χ3v) is 5.86. The van der Waals surface area contributed by atoms with Crippen LogP contribution >= 0.6 is 11.3 Å². The van der Waals surface area contributed by atoms with Gasteiger partial charge in [-0.05, 0) is 5.56 Å². The Morgan fingerprint density at radius 2 is 2.00 bits per heavy atom. The average molecular weight is 332 g/mol. The molecule has 0 spiro atoms. The van der Waals surface area contributed by atoms with Gasteiger partial charge in [0.05, 0.1) is 5.75 Å². The van der Waals surface area contributed by atoms with Gasteiger partial charge in [0.1, 0.15) is 6.07 Å². The van der Waals surface area contributed by atoms with E-state index in [-0.39, 0.29) is 20.7 Å². The van der Waals surface area contributed by atoms with Crippen LogP contribution in [0.15, 0.2) is 45.5 Å². The average Bonchev–Trinajstić information content (AvgIpc) is 2.91. The Kier molecular flexibility index (Phi) is 3.48. The van der Waals surface area contributed by atoms with E-state index in [4.69, 9.17) is 5.26 Å². The maximum absolute atomic E-state index is 12.4. The highest BCUT2D eigenvalue weighted by Gasteiger charge is 2.22. The maximum Gasteiger partial charge on any atom is 0.275 e. The first kappa shape index (κ1) is 14.4. The first-order chi connectivity index (χ1) is 10.5. The van der Waals surface area contributed by atoms with Crippen LogP contribution < -0.4 is 5.56 Å². The maximum atomic E-state index is 12.4. The molecule has 3 rings (SSSR count). The standard InChI is InChI=1S/C13H8N4O3S2/c14-7-10-6-11(18)15-12-17(10)16-13(21-12)22(19,20)8-9-4-2-1-3-5-9/h1-6H,8H2. The molecule has 0 saturated heterocycles. The first-order valence-electron chi connectivity index (χ1n) is 6.07. The van der Waals surface area contributed by atoms with Crippen molar-refractivity contribution in [1.29, 1.82) is 5.26 Å². The quantitative estimate of drug-likeness (QED) is 0.708. The van der Waals surface area contributed by atoms with Crippen LogP contribution in [0.1, 0.15) is 11.3 Å². The third kappa shape index (κ3) is 2.61. The Bertz CT molecular complexity index is 1050. The molecule has 3 aromatic rings. The van der Waals surface area contributed by atoms with E-state index >= 15 is 0 Å². The number of benzene rings is 1. The predicted molar refractivity (Wildman–Crippen MR) is 79.2 cm³/mol. The lowest BCUT2D eigenvalue weighted by Gasteiger charge is -1.99. The molecular formula is C13H8N4O3S2. The van der Waals surface area contributed by atoms with Crippen molar-refractivity contribution in [3.05, 3.63) is 58.0 Å². The van der Waals surface area contributed by atoms with Crippen LogP contribution in [0.5, 0.6) is 0 Å². The highest BCUT2D eigenvalue weighted by Crippen LogP contribution is 2.22. The Hall–Kier alpha value is -2.57. The molecule has 2 aromatic heterocycles. The third-order valence-electron chi connectivity index (χ3n) is 2.82. The number of nitriles is 1. The van der Waals surface area contributed by atoms with Crippen molar-refractivity contribution in [1.82, 2.24) is 14.6 Å². The summed E-state index contributed by atoms with van der Waals surface area (Å²) in [6, 6.07) is 11.5. The van der Waals surface area contributed by atoms with Gasteiger partial charge in [0.25, 0.3) is 5.56 Å². The van der Waals surface area contributed by atoms with Gasteiger partial charge in [-0.3, -0.25) is 4.79 Å². The molecule has 7 nitrogen and oxygen atoms in total. The second-order valence-electron chi connectivity index (χ2n) is 4.40. The summed E-state index contributed by atoms with van der Waals surface area (Å²) in [6.07, 6.45) is 0. The number of nitrogens with zero attached hydrogens (tertiary/aromatic N) is 4. The van der Waals surface area contributed by atoms with E-state index in [1.54, 1.807) is 36.4 Å². The molecule has 0 bridgehead atoms. The van der Waals surface area contributed by atoms with Gasteiger partial charge in [0.2, 0.25) is 19.1 Å². The Balaban J connectivity index is 2.10. The van der Waals surface area contributed by atoms with Crippen LogP contribution in [-0.4, -0.2) is 23.0 Å². The number of hydrogen-bond donors (Lipinski definition) is 0. The molecule has 0 atom stereocenters. The van der Waals surface area contributed by atoms with Crippen molar-refractivity contribution >= 4 is 26.1 Å². The van der Waals surface area contributed by atoms with Gasteiger partial charge in [0, 0.05) is 6.07 Å². The van der Waals surface area contributed by atoms with Gasteiger partial charge in [-0.1, -0.05) is 41.7 Å². The smallest absolute Gasteiger partial charge is 0.267 e. The molecule has 1 aromatic carbocycles. The minimum atomic E-state index is -3.68. The highest BCUT2D eigenvalue weighted by molar-refractivity contribution is 7.92. The number of rotatable bonds is 3. The fourth-order valence-corrected chi connectivity index (χ4v) is 4.37. The summed E-state index contributed by atoms with van der Waals surface area (Å²) in [5.41, 5.74) is -0.0237. The number of hydrogen-bond acceptors (Lipinski definition) is 7. The lowest BCUT2D eigenvalue weighted by molar-refractivity contribution is 0.592. The van der Waals surface area contributed by atoms with Crippen LogP contribution in [0.2, 0.25) is 0 Å². The van der Waals surface area contributed by atoms with Crippen molar-refractivity contribution in [3.63, 3.8) is 0 Å². The Morgan fingerprint density at radius 1 is 1.27 bits per heavy atom. The van der Waals surface area contributed by atoms with Crippen LogP contribution in [0.3, 0.4) is 0 Å². The zero-order valence-corrected chi connectivity index (χ0v) is 12.6. The zero-order chi connectivity index (χ0) is 15.7. The molecular weight excluding hydrogens is 324 g/mol. The largest absolute Gasteiger partial charge is 0.275 e. The summed E-state index contributed by atoms with van der Waals surface area (Å²) in [6.45, 7) is 0. The fraction of sp³-hybridized carbons (Fsp3) is 0.0769. The lowest BCUT2D eigenvalue weighted by Crippen LogP contribution is -2.10. The molecule has 22 heavy (non-hydrogen) atoms. The monoisotopic (exact) mass is 332 g/mol. The van der Waals surface area contributed by atoms with E-state index in [0.29, 0.717) is 5.56 Å². The van der Waals surface area contributed by atoms with E-state index < -0.39 is 15.4 Å². The molecule has 0 aliphatic rings. The van der Waals surface area contributed by atoms with E-state index in [2.05, 4.69) is 10.1 Å². The SMILES string of the molecule is N#Cc1cc(=O)nc2sc(S(=O)(=O)Cc3ccccc3)nn12. The van der Waals surface area contributed by atoms with Crippen molar-refractivity contribution in [2.24, 2.45) is 0 Å². The topological polar surface area (TPSA) is 105 Å². The summed E-state index contributed by atoms with van der Waals surface area (Å²) in [5, 5.41) is 12.9. The van der Waals surface area contributed by atoms with Crippen molar-refractivity contribution in [2.45, 2.75) is 10.1 Å². The van der Waals surface area contributed by atoms with Crippen molar-refractivity contribution < 1.29 is 8.42 Å². The van der Waals surface area contributed by atoms with Gasteiger partial charge in [-0.2, -0.15) is 14.8 Å². The second kappa shape index (κ2) is 5.32. The molecule has 2 heterocycles. The summed E-state index contributed by atoms with van der Waals surface area (Å²) in [4.78, 5) is 15.1. The molecule has 0 amide bonds. The molecule has 0 saturated carbocycles. The van der Waals surface area contributed by atoms with Crippen molar-refractivity contribution in [2.75, 3.05) is 0 Å². The van der Waals surface area contributed by atoms with Crippen LogP contribution in [0.25, 0.3) is 4.96 Å². The summed E-state index contributed by atoms with van der Waals surface area (Å²) in [7, 11) is -3.68. The number of fused-ring (bicyclic) bond motifs is 1. The van der Waals surface area contributed by atoms with Gasteiger partial charge >= 0.3 is 0 Å². The zero-order valence-electron chi connectivity index (χ0n) is 11.0.